The third-order valence-electron chi connectivity index (χ3n) is 23.9. The Morgan fingerprint density at radius 1 is 0.191 bits per heavy atom. The highest BCUT2D eigenvalue weighted by Crippen LogP contribution is 2.45. The molecule has 0 radical (unpaired) electrons. The molecule has 0 amide bonds. The van der Waals surface area contributed by atoms with Gasteiger partial charge in [0.25, 0.3) is 0 Å². The lowest BCUT2D eigenvalue weighted by atomic mass is 9.95. The van der Waals surface area contributed by atoms with Gasteiger partial charge >= 0.3 is 0 Å². The first kappa shape index (κ1) is 85.4. The van der Waals surface area contributed by atoms with Gasteiger partial charge < -0.3 is 104 Å². The van der Waals surface area contributed by atoms with Crippen LogP contribution in [0.25, 0.3) is 0 Å². The minimum absolute atomic E-state index is 0.0249. The molecule has 0 bridgehead atoms. The van der Waals surface area contributed by atoms with E-state index in [1.54, 1.807) is 0 Å². The van der Waals surface area contributed by atoms with Crippen LogP contribution in [0.1, 0.15) is 196 Å². The van der Waals surface area contributed by atoms with E-state index in [9.17, 15) is 0 Å². The van der Waals surface area contributed by atoms with Crippen LogP contribution < -0.4 is 0 Å². The molecular weight excluding hydrogens is 1410 g/mol. The molecule has 22 nitrogen and oxygen atoms in total. The van der Waals surface area contributed by atoms with Crippen LogP contribution in [0.5, 0.6) is 0 Å². The molecule has 14 saturated heterocycles. The number of benzene rings is 4. The van der Waals surface area contributed by atoms with E-state index in [2.05, 4.69) is 96.9 Å². The monoisotopic (exact) mass is 1540 g/mol. The Morgan fingerprint density at radius 3 is 0.527 bits per heavy atom. The van der Waals surface area contributed by atoms with Crippen molar-refractivity contribution in [1.29, 1.82) is 0 Å². The summed E-state index contributed by atoms with van der Waals surface area (Å²) in [7, 11) is 0. The topological polar surface area (TPSA) is 203 Å². The van der Waals surface area contributed by atoms with E-state index in [0.29, 0.717) is 99.3 Å². The smallest absolute Gasteiger partial charge is 0.184 e. The van der Waals surface area contributed by atoms with Gasteiger partial charge in [-0.05, 0) is 51.4 Å². The van der Waals surface area contributed by atoms with Gasteiger partial charge in [-0.15, -0.1) is 0 Å². The molecule has 0 saturated carbocycles. The zero-order valence-electron chi connectivity index (χ0n) is 67.7. The Labute approximate surface area is 654 Å². The van der Waals surface area contributed by atoms with Gasteiger partial charge in [0.2, 0.25) is 0 Å². The van der Waals surface area contributed by atoms with Crippen LogP contribution in [-0.4, -0.2) is 201 Å². The fourth-order valence-electron chi connectivity index (χ4n) is 17.4. The highest BCUT2D eigenvalue weighted by molar-refractivity contribution is 5.21. The van der Waals surface area contributed by atoms with E-state index in [1.807, 2.05) is 121 Å². The third-order valence-corrected chi connectivity index (χ3v) is 23.9. The molecule has 110 heavy (non-hydrogen) atoms. The third kappa shape index (κ3) is 20.9. The summed E-state index contributed by atoms with van der Waals surface area (Å²) in [6.45, 7) is 36.9. The second kappa shape index (κ2) is 42.2. The predicted molar refractivity (Wildman–Crippen MR) is 410 cm³/mol. The van der Waals surface area contributed by atoms with Crippen molar-refractivity contribution in [3.63, 3.8) is 0 Å². The zero-order valence-corrected chi connectivity index (χ0v) is 67.7. The van der Waals surface area contributed by atoms with Crippen molar-refractivity contribution in [1.82, 2.24) is 0 Å². The molecule has 14 aliphatic heterocycles. The van der Waals surface area contributed by atoms with Gasteiger partial charge in [0.1, 0.15) is 76.0 Å². The first-order valence-electron chi connectivity index (χ1n) is 41.7. The Morgan fingerprint density at radius 2 is 0.364 bits per heavy atom. The molecule has 614 valence electrons. The molecule has 0 spiro atoms. The Kier molecular flexibility index (Phi) is 32.8. The quantitative estimate of drug-likeness (QED) is 0.129. The number of hydrogen-bond acceptors (Lipinski definition) is 22. The lowest BCUT2D eigenvalue weighted by Crippen LogP contribution is -2.57. The molecule has 22 heteroatoms. The molecule has 0 N–H and O–H groups in total. The molecular formula is C88H130O22. The fourth-order valence-corrected chi connectivity index (χ4v) is 17.4. The normalized spacial score (nSPS) is 41.8. The second-order valence-electron chi connectivity index (χ2n) is 31.8. The summed E-state index contributed by atoms with van der Waals surface area (Å²) < 4.78 is 128. The van der Waals surface area contributed by atoms with Crippen molar-refractivity contribution in [2.45, 2.75) is 308 Å². The minimum Gasteiger partial charge on any atom is -0.375 e. The van der Waals surface area contributed by atoms with Gasteiger partial charge in [-0.3, -0.25) is 0 Å². The van der Waals surface area contributed by atoms with Crippen LogP contribution in [0.2, 0.25) is 0 Å². The van der Waals surface area contributed by atoms with Gasteiger partial charge in [0.05, 0.1) is 125 Å². The second-order valence-corrected chi connectivity index (χ2v) is 31.8. The summed E-state index contributed by atoms with van der Waals surface area (Å²) in [5.41, 5.74) is 4.13. The van der Waals surface area contributed by atoms with Gasteiger partial charge in [0, 0.05) is 57.8 Å². The maximum atomic E-state index is 6.32. The zero-order chi connectivity index (χ0) is 77.2. The summed E-state index contributed by atoms with van der Waals surface area (Å²) in [5, 5.41) is 0. The molecule has 14 heterocycles. The Hall–Kier alpha value is -4.00. The predicted octanol–water partition coefficient (Wildman–Crippen LogP) is 15.3. The maximum absolute atomic E-state index is 6.32. The lowest BCUT2D eigenvalue weighted by molar-refractivity contribution is -0.382. The molecule has 14 fully saturated rings. The standard InChI is InChI=1S/2C22H26O4.2C10H18O4.3C8H14O2/c2*1-3-17-19-20(26-21(23-17)15-11-7-5-8-12-15)18(4-2)24-22(25-19)16-13-9-6-10-14-16;2*1-3-7-9-10(14-5-11-7)8(4-2)12-6-13-9;3*1-5-3-9-8-6(2)4-10-7(5)8/h2*5-14,17-22H,3-4H2,1-2H3;2*7-10H,3-6H2,1-2H3;3*5-8H,3-4H2,1-2H3/t17?,18?,19?,20?,21-,22-;17-,18?,19?,20?,21-,22-;7-,8?,9?,10?;;5-,6?,7?,8?;5-,6-,7?,8?;/m000.00./s1. The molecule has 4 aromatic carbocycles. The van der Waals surface area contributed by atoms with Crippen LogP contribution in [-0.2, 0) is 104 Å². The van der Waals surface area contributed by atoms with Crippen molar-refractivity contribution < 1.29 is 104 Å². The number of rotatable bonds is 12. The summed E-state index contributed by atoms with van der Waals surface area (Å²) in [4.78, 5) is 0. The van der Waals surface area contributed by atoms with E-state index < -0.39 is 0 Å². The van der Waals surface area contributed by atoms with Crippen molar-refractivity contribution in [3.05, 3.63) is 144 Å². The summed E-state index contributed by atoms with van der Waals surface area (Å²) in [6, 6.07) is 40.3. The van der Waals surface area contributed by atoms with Crippen molar-refractivity contribution in [3.8, 4) is 0 Å². The molecule has 18 rings (SSSR count). The molecule has 0 aromatic heterocycles. The van der Waals surface area contributed by atoms with Gasteiger partial charge in [-0.2, -0.15) is 0 Å². The van der Waals surface area contributed by atoms with Crippen molar-refractivity contribution in [2.75, 3.05) is 66.8 Å². The van der Waals surface area contributed by atoms with E-state index >= 15 is 0 Å². The summed E-state index contributed by atoms with van der Waals surface area (Å²) in [5.74, 6) is 3.64. The van der Waals surface area contributed by atoms with Crippen LogP contribution >= 0.6 is 0 Å². The van der Waals surface area contributed by atoms with Crippen LogP contribution in [0.4, 0.5) is 0 Å². The van der Waals surface area contributed by atoms with E-state index in [-0.39, 0.29) is 123 Å². The van der Waals surface area contributed by atoms with Gasteiger partial charge in [0.15, 0.2) is 25.2 Å². The molecule has 23 unspecified atom stereocenters. The van der Waals surface area contributed by atoms with Gasteiger partial charge in [-0.25, -0.2) is 0 Å². The number of fused-ring (bicyclic) bond motifs is 7. The van der Waals surface area contributed by atoms with Crippen LogP contribution in [0, 0.1) is 35.5 Å². The summed E-state index contributed by atoms with van der Waals surface area (Å²) >= 11 is 0. The Balaban J connectivity index is 0.000000124. The molecule has 32 atom stereocenters. The summed E-state index contributed by atoms with van der Waals surface area (Å²) in [6.07, 6.45) is 8.37. The van der Waals surface area contributed by atoms with E-state index in [1.165, 1.54) is 0 Å². The number of hydrogen-bond donors (Lipinski definition) is 0. The highest BCUT2D eigenvalue weighted by atomic mass is 16.8. The Bertz CT molecular complexity index is 2770. The van der Waals surface area contributed by atoms with Gasteiger partial charge in [-0.1, -0.05) is 218 Å². The van der Waals surface area contributed by atoms with Crippen LogP contribution in [0.3, 0.4) is 0 Å². The van der Waals surface area contributed by atoms with E-state index in [0.717, 1.165) is 113 Å². The molecule has 14 aliphatic rings. The molecule has 4 aromatic rings. The molecule has 0 aliphatic carbocycles. The van der Waals surface area contributed by atoms with E-state index in [4.69, 9.17) is 104 Å². The SMILES string of the molecule is CC1COC2C(C)COC12.CC1COC2C1OC[C@@H]2C.CCC1OCOC2C(CC)OCOC12.CCC1OCOC2C1OCO[C@H]2CC.CCC1O[C@H](c2ccccc2)OC2C(CC)O[C@H](c3ccccc3)OC12.CCC1O[C@H](c2ccccc2)OC2C1O[C@@H](c1ccccc1)O[C@H]2CC.C[C@H]1COC2C1OC[C@@H]2C. The average Bonchev–Trinajstić information content (AvgIpc) is 1.24. The minimum atomic E-state index is -0.378. The average molecular weight is 1540 g/mol. The fraction of sp³-hybridized carbons (Fsp3) is 0.727. The first-order valence-corrected chi connectivity index (χ1v) is 41.7. The van der Waals surface area contributed by atoms with Crippen molar-refractivity contribution in [2.24, 2.45) is 35.5 Å². The largest absolute Gasteiger partial charge is 0.375 e. The number of ether oxygens (including phenoxy) is 22. The highest BCUT2D eigenvalue weighted by Gasteiger charge is 2.53. The van der Waals surface area contributed by atoms with Crippen molar-refractivity contribution >= 4 is 0 Å². The lowest BCUT2D eigenvalue weighted by Gasteiger charge is -2.49. The van der Waals surface area contributed by atoms with Crippen LogP contribution in [0.15, 0.2) is 121 Å². The first-order chi connectivity index (χ1) is 53.7. The maximum Gasteiger partial charge on any atom is 0.184 e.